The highest BCUT2D eigenvalue weighted by Gasteiger charge is 2.20. The third kappa shape index (κ3) is 3.73. The summed E-state index contributed by atoms with van der Waals surface area (Å²) >= 11 is 0. The summed E-state index contributed by atoms with van der Waals surface area (Å²) in [5, 5.41) is 12.2. The summed E-state index contributed by atoms with van der Waals surface area (Å²) in [5.74, 6) is -0.707. The van der Waals surface area contributed by atoms with Gasteiger partial charge in [0, 0.05) is 30.2 Å². The van der Waals surface area contributed by atoms with Gasteiger partial charge in [0.1, 0.15) is 0 Å². The molecule has 0 fully saturated rings. The standard InChI is InChI=1S/C19H16N6O3/c26-17-10-21-19(28)14-2-1-13(9-15(14)22-17)18(27)23-16-5-8-25(24-16)11-12-3-6-20-7-4-12/h1-9H,10-11H2,(H,21,28)(H,22,26)(H,23,24,27). The molecule has 3 amide bonds. The molecule has 1 aromatic carbocycles. The van der Waals surface area contributed by atoms with Crippen molar-refractivity contribution in [1.82, 2.24) is 20.1 Å². The molecule has 9 nitrogen and oxygen atoms in total. The molecule has 1 aliphatic heterocycles. The first-order valence-corrected chi connectivity index (χ1v) is 8.54. The summed E-state index contributed by atoms with van der Waals surface area (Å²) in [6.07, 6.45) is 5.18. The average molecular weight is 376 g/mol. The molecule has 140 valence electrons. The molecule has 0 saturated heterocycles. The molecular weight excluding hydrogens is 360 g/mol. The molecule has 0 saturated carbocycles. The maximum absolute atomic E-state index is 12.5. The fourth-order valence-electron chi connectivity index (χ4n) is 2.82. The van der Waals surface area contributed by atoms with Gasteiger partial charge in [-0.25, -0.2) is 0 Å². The maximum Gasteiger partial charge on any atom is 0.256 e. The molecule has 2 aromatic heterocycles. The number of carbonyl (C=O) groups is 3. The fraction of sp³-hybridized carbons (Fsp3) is 0.105. The number of fused-ring (bicyclic) bond motifs is 1. The van der Waals surface area contributed by atoms with Crippen LogP contribution in [0.1, 0.15) is 26.3 Å². The van der Waals surface area contributed by atoms with Crippen molar-refractivity contribution in [3.63, 3.8) is 0 Å². The van der Waals surface area contributed by atoms with E-state index in [0.29, 0.717) is 29.2 Å². The lowest BCUT2D eigenvalue weighted by molar-refractivity contribution is -0.115. The minimum Gasteiger partial charge on any atom is -0.343 e. The first kappa shape index (κ1) is 17.4. The van der Waals surface area contributed by atoms with Crippen molar-refractivity contribution in [1.29, 1.82) is 0 Å². The highest BCUT2D eigenvalue weighted by atomic mass is 16.2. The van der Waals surface area contributed by atoms with E-state index in [1.165, 1.54) is 18.2 Å². The van der Waals surface area contributed by atoms with E-state index in [1.807, 2.05) is 12.1 Å². The van der Waals surface area contributed by atoms with E-state index >= 15 is 0 Å². The number of aromatic nitrogens is 3. The van der Waals surface area contributed by atoms with Gasteiger partial charge in [0.2, 0.25) is 5.91 Å². The minimum atomic E-state index is -0.393. The molecule has 0 aliphatic carbocycles. The zero-order chi connectivity index (χ0) is 19.5. The zero-order valence-electron chi connectivity index (χ0n) is 14.7. The normalized spacial score (nSPS) is 13.1. The molecule has 0 spiro atoms. The number of carbonyl (C=O) groups excluding carboxylic acids is 3. The van der Waals surface area contributed by atoms with E-state index in [4.69, 9.17) is 0 Å². The largest absolute Gasteiger partial charge is 0.343 e. The summed E-state index contributed by atoms with van der Waals surface area (Å²) in [4.78, 5) is 40.1. The Morgan fingerprint density at radius 2 is 1.96 bits per heavy atom. The number of nitrogens with one attached hydrogen (secondary N) is 3. The van der Waals surface area contributed by atoms with Gasteiger partial charge in [0.25, 0.3) is 11.8 Å². The van der Waals surface area contributed by atoms with Crippen LogP contribution in [0.15, 0.2) is 55.0 Å². The van der Waals surface area contributed by atoms with Crippen LogP contribution >= 0.6 is 0 Å². The highest BCUT2D eigenvalue weighted by molar-refractivity contribution is 6.11. The van der Waals surface area contributed by atoms with Crippen LogP contribution in [-0.2, 0) is 11.3 Å². The first-order valence-electron chi connectivity index (χ1n) is 8.54. The Bertz CT molecular complexity index is 1060. The van der Waals surface area contributed by atoms with Gasteiger partial charge in [-0.1, -0.05) is 0 Å². The van der Waals surface area contributed by atoms with E-state index in [-0.39, 0.29) is 18.4 Å². The molecule has 3 N–H and O–H groups in total. The zero-order valence-corrected chi connectivity index (χ0v) is 14.7. The van der Waals surface area contributed by atoms with Crippen LogP contribution in [0.2, 0.25) is 0 Å². The lowest BCUT2D eigenvalue weighted by atomic mass is 10.1. The Labute approximate surface area is 159 Å². The third-order valence-electron chi connectivity index (χ3n) is 4.19. The van der Waals surface area contributed by atoms with Crippen molar-refractivity contribution < 1.29 is 14.4 Å². The summed E-state index contributed by atoms with van der Waals surface area (Å²) in [6, 6.07) is 9.98. The van der Waals surface area contributed by atoms with E-state index in [2.05, 4.69) is 26.0 Å². The van der Waals surface area contributed by atoms with Crippen molar-refractivity contribution in [3.8, 4) is 0 Å². The molecule has 0 unspecified atom stereocenters. The molecule has 0 radical (unpaired) electrons. The number of anilines is 2. The van der Waals surface area contributed by atoms with E-state index in [0.717, 1.165) is 5.56 Å². The topological polar surface area (TPSA) is 118 Å². The Balaban J connectivity index is 1.48. The van der Waals surface area contributed by atoms with Crippen LogP contribution in [0, 0.1) is 0 Å². The molecule has 9 heteroatoms. The van der Waals surface area contributed by atoms with Gasteiger partial charge >= 0.3 is 0 Å². The Kier molecular flexibility index (Phi) is 4.55. The first-order chi connectivity index (χ1) is 13.6. The summed E-state index contributed by atoms with van der Waals surface area (Å²) in [5.41, 5.74) is 1.95. The van der Waals surface area contributed by atoms with Gasteiger partial charge in [-0.3, -0.25) is 24.0 Å². The average Bonchev–Trinajstić information content (AvgIpc) is 3.07. The molecule has 0 atom stereocenters. The van der Waals surface area contributed by atoms with Gasteiger partial charge in [-0.15, -0.1) is 0 Å². The van der Waals surface area contributed by atoms with Gasteiger partial charge in [-0.2, -0.15) is 5.10 Å². The fourth-order valence-corrected chi connectivity index (χ4v) is 2.82. The molecule has 28 heavy (non-hydrogen) atoms. The van der Waals surface area contributed by atoms with Crippen LogP contribution in [0.25, 0.3) is 0 Å². The second kappa shape index (κ2) is 7.31. The predicted molar refractivity (Wildman–Crippen MR) is 101 cm³/mol. The molecule has 1 aliphatic rings. The third-order valence-corrected chi connectivity index (χ3v) is 4.19. The lowest BCUT2D eigenvalue weighted by Crippen LogP contribution is -2.28. The summed E-state index contributed by atoms with van der Waals surface area (Å²) in [7, 11) is 0. The maximum atomic E-state index is 12.5. The van der Waals surface area contributed by atoms with Crippen LogP contribution in [0.4, 0.5) is 11.5 Å². The number of nitrogens with zero attached hydrogens (tertiary/aromatic N) is 3. The Hall–Kier alpha value is -4.01. The lowest BCUT2D eigenvalue weighted by Gasteiger charge is -2.08. The molecule has 3 heterocycles. The quantitative estimate of drug-likeness (QED) is 0.634. The second-order valence-electron chi connectivity index (χ2n) is 6.20. The van der Waals surface area contributed by atoms with Crippen molar-refractivity contribution >= 4 is 29.2 Å². The number of hydrogen-bond acceptors (Lipinski definition) is 5. The summed E-state index contributed by atoms with van der Waals surface area (Å²) < 4.78 is 1.70. The smallest absolute Gasteiger partial charge is 0.256 e. The van der Waals surface area contributed by atoms with Gasteiger partial charge in [0.15, 0.2) is 5.82 Å². The Morgan fingerprint density at radius 1 is 1.14 bits per heavy atom. The van der Waals surface area contributed by atoms with Crippen molar-refractivity contribution in [2.75, 3.05) is 17.2 Å². The van der Waals surface area contributed by atoms with E-state index in [1.54, 1.807) is 29.3 Å². The number of amides is 3. The van der Waals surface area contributed by atoms with Crippen LogP contribution in [0.5, 0.6) is 0 Å². The van der Waals surface area contributed by atoms with Crippen molar-refractivity contribution in [2.24, 2.45) is 0 Å². The van der Waals surface area contributed by atoms with Crippen LogP contribution in [0.3, 0.4) is 0 Å². The predicted octanol–water partition coefficient (Wildman–Crippen LogP) is 1.26. The number of pyridine rings is 1. The van der Waals surface area contributed by atoms with Crippen LogP contribution < -0.4 is 16.0 Å². The molecule has 0 bridgehead atoms. The molecular formula is C19H16N6O3. The number of benzene rings is 1. The van der Waals surface area contributed by atoms with Gasteiger partial charge in [0.05, 0.1) is 24.3 Å². The SMILES string of the molecule is O=C1CNC(=O)c2ccc(C(=O)Nc3ccn(Cc4ccncc4)n3)cc2N1. The van der Waals surface area contributed by atoms with Crippen molar-refractivity contribution in [2.45, 2.75) is 6.54 Å². The number of rotatable bonds is 4. The summed E-state index contributed by atoms with van der Waals surface area (Å²) in [6.45, 7) is 0.447. The second-order valence-corrected chi connectivity index (χ2v) is 6.20. The van der Waals surface area contributed by atoms with Gasteiger partial charge in [-0.05, 0) is 35.9 Å². The minimum absolute atomic E-state index is 0.107. The molecule has 3 aromatic rings. The Morgan fingerprint density at radius 3 is 2.79 bits per heavy atom. The molecule has 4 rings (SSSR count). The number of hydrogen-bond donors (Lipinski definition) is 3. The van der Waals surface area contributed by atoms with Gasteiger partial charge < -0.3 is 16.0 Å². The highest BCUT2D eigenvalue weighted by Crippen LogP contribution is 2.20. The van der Waals surface area contributed by atoms with Crippen molar-refractivity contribution in [3.05, 3.63) is 71.7 Å². The van der Waals surface area contributed by atoms with E-state index < -0.39 is 5.91 Å². The van der Waals surface area contributed by atoms with E-state index in [9.17, 15) is 14.4 Å². The van der Waals surface area contributed by atoms with Crippen LogP contribution in [-0.4, -0.2) is 39.0 Å². The monoisotopic (exact) mass is 376 g/mol.